The molecular formula is C30H37ClN4O4S. The summed E-state index contributed by atoms with van der Waals surface area (Å²) < 4.78 is 29.3. The molecule has 10 heteroatoms. The molecule has 1 unspecified atom stereocenters. The van der Waals surface area contributed by atoms with Crippen molar-refractivity contribution in [1.82, 2.24) is 14.5 Å². The van der Waals surface area contributed by atoms with Gasteiger partial charge < -0.3 is 10.2 Å². The van der Waals surface area contributed by atoms with Crippen molar-refractivity contribution in [3.63, 3.8) is 0 Å². The van der Waals surface area contributed by atoms with Gasteiger partial charge in [0.2, 0.25) is 11.8 Å². The number of halogens is 1. The van der Waals surface area contributed by atoms with Crippen LogP contribution in [0.25, 0.3) is 0 Å². The first-order valence-corrected chi connectivity index (χ1v) is 14.8. The lowest BCUT2D eigenvalue weighted by molar-refractivity contribution is -0.140. The average molecular weight is 585 g/mol. The van der Waals surface area contributed by atoms with Gasteiger partial charge in [0, 0.05) is 38.6 Å². The van der Waals surface area contributed by atoms with E-state index in [1.54, 1.807) is 37.3 Å². The Morgan fingerprint density at radius 2 is 1.57 bits per heavy atom. The van der Waals surface area contributed by atoms with Gasteiger partial charge in [0.15, 0.2) is 0 Å². The highest BCUT2D eigenvalue weighted by Gasteiger charge is 2.35. The zero-order valence-electron chi connectivity index (χ0n) is 23.6. The summed E-state index contributed by atoms with van der Waals surface area (Å²) in [5, 5.41) is 3.40. The first-order valence-electron chi connectivity index (χ1n) is 13.1. The van der Waals surface area contributed by atoms with Crippen molar-refractivity contribution in [2.75, 3.05) is 31.5 Å². The Balaban J connectivity index is 2.11. The van der Waals surface area contributed by atoms with Gasteiger partial charge in [-0.15, -0.1) is 0 Å². The van der Waals surface area contributed by atoms with E-state index in [2.05, 4.69) is 5.32 Å². The van der Waals surface area contributed by atoms with Crippen LogP contribution in [0.5, 0.6) is 0 Å². The number of likely N-dealkylation sites (N-methyl/N-ethyl adjacent to an activating group) is 1. The van der Waals surface area contributed by atoms with Crippen LogP contribution in [0, 0.1) is 13.8 Å². The molecule has 3 rings (SSSR count). The highest BCUT2D eigenvalue weighted by Crippen LogP contribution is 2.26. The third-order valence-corrected chi connectivity index (χ3v) is 8.60. The summed E-state index contributed by atoms with van der Waals surface area (Å²) in [4.78, 5) is 29.1. The number of amides is 2. The highest BCUT2D eigenvalue weighted by atomic mass is 35.5. The van der Waals surface area contributed by atoms with E-state index in [0.717, 1.165) is 25.3 Å². The summed E-state index contributed by atoms with van der Waals surface area (Å²) >= 11 is 6.09. The van der Waals surface area contributed by atoms with Crippen LogP contribution in [0.2, 0.25) is 5.02 Å². The molecule has 0 heterocycles. The van der Waals surface area contributed by atoms with E-state index >= 15 is 0 Å². The summed E-state index contributed by atoms with van der Waals surface area (Å²) in [6.45, 7) is 5.47. The Bertz CT molecular complexity index is 1410. The largest absolute Gasteiger partial charge is 0.355 e. The fourth-order valence-corrected chi connectivity index (χ4v) is 5.56. The second-order valence-electron chi connectivity index (χ2n) is 9.83. The SMILES string of the molecule is CCNC(=O)C(Cc1ccccc1)N(Cc1ccc(Cl)cc1)C(=O)CN(c1cc(C)ccc1C)S(=O)(=O)N(C)C. The van der Waals surface area contributed by atoms with Crippen molar-refractivity contribution in [2.45, 2.75) is 39.8 Å². The molecule has 1 N–H and O–H groups in total. The minimum atomic E-state index is -4.05. The van der Waals surface area contributed by atoms with E-state index in [9.17, 15) is 18.0 Å². The third-order valence-electron chi connectivity index (χ3n) is 6.54. The lowest BCUT2D eigenvalue weighted by Gasteiger charge is -2.34. The summed E-state index contributed by atoms with van der Waals surface area (Å²) in [5.74, 6) is -0.823. The number of carbonyl (C=O) groups is 2. The van der Waals surface area contributed by atoms with Gasteiger partial charge in [-0.25, -0.2) is 4.31 Å². The standard InChI is InChI=1S/C30H37ClN4O4S/c1-6-32-30(37)28(19-24-10-8-7-9-11-24)34(20-25-14-16-26(31)17-15-25)29(36)21-35(40(38,39)33(4)5)27-18-22(2)12-13-23(27)3/h7-18,28H,6,19-21H2,1-5H3,(H,32,37). The van der Waals surface area contributed by atoms with Gasteiger partial charge in [0.05, 0.1) is 5.69 Å². The van der Waals surface area contributed by atoms with Crippen molar-refractivity contribution < 1.29 is 18.0 Å². The minimum absolute atomic E-state index is 0.0906. The number of hydrogen-bond acceptors (Lipinski definition) is 4. The van der Waals surface area contributed by atoms with Crippen LogP contribution in [0.3, 0.4) is 0 Å². The number of nitrogens with zero attached hydrogens (tertiary/aromatic N) is 3. The van der Waals surface area contributed by atoms with Crippen molar-refractivity contribution in [3.05, 3.63) is 100 Å². The smallest absolute Gasteiger partial charge is 0.304 e. The van der Waals surface area contributed by atoms with E-state index in [0.29, 0.717) is 22.8 Å². The molecule has 40 heavy (non-hydrogen) atoms. The molecule has 1 atom stereocenters. The van der Waals surface area contributed by atoms with Crippen LogP contribution >= 0.6 is 11.6 Å². The molecule has 0 fully saturated rings. The zero-order valence-corrected chi connectivity index (χ0v) is 25.2. The number of carbonyl (C=O) groups excluding carboxylic acids is 2. The second kappa shape index (κ2) is 13.8. The molecule has 0 bridgehead atoms. The van der Waals surface area contributed by atoms with Crippen molar-refractivity contribution in [3.8, 4) is 0 Å². The van der Waals surface area contributed by atoms with Gasteiger partial charge in [-0.05, 0) is 61.2 Å². The Morgan fingerprint density at radius 1 is 0.925 bits per heavy atom. The molecule has 0 aliphatic carbocycles. The Kier molecular flexibility index (Phi) is 10.7. The number of anilines is 1. The first kappa shape index (κ1) is 31.1. The lowest BCUT2D eigenvalue weighted by Crippen LogP contribution is -2.54. The molecule has 214 valence electrons. The Hall–Kier alpha value is -3.40. The summed E-state index contributed by atoms with van der Waals surface area (Å²) in [6, 6.07) is 21.0. The fourth-order valence-electron chi connectivity index (χ4n) is 4.32. The predicted octanol–water partition coefficient (Wildman–Crippen LogP) is 4.35. The molecule has 0 saturated heterocycles. The fraction of sp³-hybridized carbons (Fsp3) is 0.333. The summed E-state index contributed by atoms with van der Waals surface area (Å²) in [5.41, 5.74) is 3.60. The van der Waals surface area contributed by atoms with Crippen LogP contribution in [0.4, 0.5) is 5.69 Å². The van der Waals surface area contributed by atoms with Gasteiger partial charge in [-0.2, -0.15) is 12.7 Å². The Labute approximate surface area is 242 Å². The first-order chi connectivity index (χ1) is 18.9. The van der Waals surface area contributed by atoms with Crippen LogP contribution in [-0.2, 0) is 32.8 Å². The maximum absolute atomic E-state index is 14.2. The van der Waals surface area contributed by atoms with E-state index in [-0.39, 0.29) is 18.9 Å². The highest BCUT2D eigenvalue weighted by molar-refractivity contribution is 7.90. The van der Waals surface area contributed by atoms with E-state index < -0.39 is 28.7 Å². The van der Waals surface area contributed by atoms with Gasteiger partial charge in [-0.1, -0.05) is 66.2 Å². The summed E-state index contributed by atoms with van der Waals surface area (Å²) in [7, 11) is -1.20. The topological polar surface area (TPSA) is 90.0 Å². The lowest BCUT2D eigenvalue weighted by atomic mass is 10.0. The van der Waals surface area contributed by atoms with Crippen molar-refractivity contribution in [2.24, 2.45) is 0 Å². The van der Waals surface area contributed by atoms with E-state index in [4.69, 9.17) is 11.6 Å². The monoisotopic (exact) mass is 584 g/mol. The quantitative estimate of drug-likeness (QED) is 0.343. The van der Waals surface area contributed by atoms with Gasteiger partial charge >= 0.3 is 10.2 Å². The van der Waals surface area contributed by atoms with Gasteiger partial charge in [-0.3, -0.25) is 9.59 Å². The van der Waals surface area contributed by atoms with Crippen LogP contribution in [0.1, 0.15) is 29.2 Å². The normalized spacial score (nSPS) is 12.2. The molecule has 0 radical (unpaired) electrons. The number of benzene rings is 3. The van der Waals surface area contributed by atoms with Crippen LogP contribution < -0.4 is 9.62 Å². The van der Waals surface area contributed by atoms with Crippen LogP contribution in [0.15, 0.2) is 72.8 Å². The molecule has 0 aliphatic rings. The third kappa shape index (κ3) is 7.84. The molecule has 8 nitrogen and oxygen atoms in total. The summed E-state index contributed by atoms with van der Waals surface area (Å²) in [6.07, 6.45) is 0.260. The molecule has 2 amide bonds. The average Bonchev–Trinajstić information content (AvgIpc) is 2.92. The molecule has 0 aromatic heterocycles. The van der Waals surface area contributed by atoms with Crippen LogP contribution in [-0.4, -0.2) is 62.7 Å². The number of nitrogens with one attached hydrogen (secondary N) is 1. The van der Waals surface area contributed by atoms with E-state index in [1.165, 1.54) is 19.0 Å². The molecule has 0 spiro atoms. The molecule has 0 saturated carbocycles. The predicted molar refractivity (Wildman–Crippen MR) is 160 cm³/mol. The number of aryl methyl sites for hydroxylation is 2. The molecule has 3 aromatic rings. The number of rotatable bonds is 12. The zero-order chi connectivity index (χ0) is 29.4. The molecular weight excluding hydrogens is 548 g/mol. The van der Waals surface area contributed by atoms with E-state index in [1.807, 2.05) is 56.3 Å². The molecule has 3 aromatic carbocycles. The minimum Gasteiger partial charge on any atom is -0.355 e. The van der Waals surface area contributed by atoms with Gasteiger partial charge in [0.1, 0.15) is 12.6 Å². The Morgan fingerprint density at radius 3 is 2.17 bits per heavy atom. The second-order valence-corrected chi connectivity index (χ2v) is 12.3. The maximum atomic E-state index is 14.2. The van der Waals surface area contributed by atoms with Gasteiger partial charge in [0.25, 0.3) is 0 Å². The maximum Gasteiger partial charge on any atom is 0.304 e. The van der Waals surface area contributed by atoms with Crippen molar-refractivity contribution in [1.29, 1.82) is 0 Å². The number of hydrogen-bond donors (Lipinski definition) is 1. The molecule has 0 aliphatic heterocycles. The van der Waals surface area contributed by atoms with Crippen molar-refractivity contribution >= 4 is 39.3 Å².